The highest BCUT2D eigenvalue weighted by Crippen LogP contribution is 2.29. The summed E-state index contributed by atoms with van der Waals surface area (Å²) < 4.78 is 5.73. The van der Waals surface area contributed by atoms with Gasteiger partial charge in [-0.3, -0.25) is 4.79 Å². The third-order valence-corrected chi connectivity index (χ3v) is 3.60. The molecule has 1 heterocycles. The smallest absolute Gasteiger partial charge is 0.254 e. The molecule has 3 rings (SSSR count). The van der Waals surface area contributed by atoms with Gasteiger partial charge in [-0.15, -0.1) is 0 Å². The van der Waals surface area contributed by atoms with Crippen molar-refractivity contribution in [2.75, 3.05) is 5.73 Å². The van der Waals surface area contributed by atoms with Gasteiger partial charge in [-0.25, -0.2) is 4.98 Å². The Balaban J connectivity index is 2.01. The third kappa shape index (κ3) is 2.81. The number of nitrogen functional groups attached to an aromatic ring is 1. The first-order valence-corrected chi connectivity index (χ1v) is 6.99. The molecule has 0 fully saturated rings. The van der Waals surface area contributed by atoms with Crippen molar-refractivity contribution >= 4 is 11.6 Å². The van der Waals surface area contributed by atoms with Crippen LogP contribution in [0.25, 0.3) is 0 Å². The molecule has 0 saturated carbocycles. The topological polar surface area (TPSA) is 91.2 Å². The maximum Gasteiger partial charge on any atom is 0.254 e. The minimum Gasteiger partial charge on any atom is -0.438 e. The fraction of sp³-hybridized carbons (Fsp3) is 0.250. The average Bonchev–Trinajstić information content (AvgIpc) is 2.46. The van der Waals surface area contributed by atoms with E-state index >= 15 is 0 Å². The van der Waals surface area contributed by atoms with Crippen LogP contribution in [0.3, 0.4) is 0 Å². The van der Waals surface area contributed by atoms with Gasteiger partial charge in [0, 0.05) is 17.4 Å². The van der Waals surface area contributed by atoms with Gasteiger partial charge in [-0.05, 0) is 49.4 Å². The number of rotatable bonds is 3. The van der Waals surface area contributed by atoms with Gasteiger partial charge >= 0.3 is 0 Å². The first-order valence-electron chi connectivity index (χ1n) is 6.99. The molecule has 0 atom stereocenters. The molecule has 108 valence electrons. The largest absolute Gasteiger partial charge is 0.438 e. The quantitative estimate of drug-likeness (QED) is 0.846. The maximum absolute atomic E-state index is 11.6. The van der Waals surface area contributed by atoms with Crippen molar-refractivity contribution in [1.29, 1.82) is 0 Å². The number of aromatic nitrogens is 1. The number of carbonyl (C=O) groups is 1. The summed E-state index contributed by atoms with van der Waals surface area (Å²) >= 11 is 0. The Morgan fingerprint density at radius 1 is 1.19 bits per heavy atom. The van der Waals surface area contributed by atoms with E-state index in [9.17, 15) is 4.79 Å². The van der Waals surface area contributed by atoms with Crippen LogP contribution in [0.4, 0.5) is 5.69 Å². The zero-order chi connectivity index (χ0) is 14.8. The number of nitrogens with zero attached hydrogens (tertiary/aromatic N) is 1. The number of fused-ring (bicyclic) bond motifs is 1. The van der Waals surface area contributed by atoms with Gasteiger partial charge in [0.2, 0.25) is 5.88 Å². The minimum atomic E-state index is -0.533. The lowest BCUT2D eigenvalue weighted by molar-refractivity contribution is 0.0997. The summed E-state index contributed by atoms with van der Waals surface area (Å²) in [4.78, 5) is 16.1. The molecule has 0 radical (unpaired) electrons. The summed E-state index contributed by atoms with van der Waals surface area (Å²) in [6, 6.07) is 8.81. The number of nitrogens with two attached hydrogens (primary N) is 2. The Labute approximate surface area is 122 Å². The van der Waals surface area contributed by atoms with E-state index in [2.05, 4.69) is 4.98 Å². The van der Waals surface area contributed by atoms with E-state index < -0.39 is 5.91 Å². The standard InChI is InChI=1S/C16H17N3O2/c17-11-5-3-6-12(9-11)21-16-13(15(18)20)8-10-4-1-2-7-14(10)19-16/h3,5-6,8-9H,1-2,4,7,17H2,(H2,18,20). The molecule has 2 aromatic rings. The zero-order valence-corrected chi connectivity index (χ0v) is 11.6. The van der Waals surface area contributed by atoms with Gasteiger partial charge in [0.25, 0.3) is 5.91 Å². The van der Waals surface area contributed by atoms with Crippen LogP contribution in [-0.4, -0.2) is 10.9 Å². The predicted octanol–water partition coefficient (Wildman–Crippen LogP) is 2.43. The van der Waals surface area contributed by atoms with Crippen LogP contribution in [0.2, 0.25) is 0 Å². The number of benzene rings is 1. The minimum absolute atomic E-state index is 0.258. The molecule has 0 saturated heterocycles. The van der Waals surface area contributed by atoms with Crippen LogP contribution in [-0.2, 0) is 12.8 Å². The summed E-state index contributed by atoms with van der Waals surface area (Å²) in [5, 5.41) is 0. The van der Waals surface area contributed by atoms with Crippen LogP contribution in [0.1, 0.15) is 34.5 Å². The average molecular weight is 283 g/mol. The Kier molecular flexibility index (Phi) is 3.48. The third-order valence-electron chi connectivity index (χ3n) is 3.60. The number of anilines is 1. The highest BCUT2D eigenvalue weighted by atomic mass is 16.5. The second kappa shape index (κ2) is 5.44. The number of ether oxygens (including phenoxy) is 1. The lowest BCUT2D eigenvalue weighted by Crippen LogP contribution is -2.16. The number of primary amides is 1. The fourth-order valence-electron chi connectivity index (χ4n) is 2.56. The van der Waals surface area contributed by atoms with Crippen LogP contribution < -0.4 is 16.2 Å². The van der Waals surface area contributed by atoms with Gasteiger partial charge in [0.1, 0.15) is 11.3 Å². The predicted molar refractivity (Wildman–Crippen MR) is 80.3 cm³/mol. The normalized spacial score (nSPS) is 13.5. The Bertz CT molecular complexity index is 698. The second-order valence-electron chi connectivity index (χ2n) is 5.19. The summed E-state index contributed by atoms with van der Waals surface area (Å²) in [6.45, 7) is 0. The number of carbonyl (C=O) groups excluding carboxylic acids is 1. The molecular weight excluding hydrogens is 266 g/mol. The molecule has 0 spiro atoms. The Hall–Kier alpha value is -2.56. The number of hydrogen-bond acceptors (Lipinski definition) is 4. The van der Waals surface area contributed by atoms with Gasteiger partial charge < -0.3 is 16.2 Å². The van der Waals surface area contributed by atoms with E-state index in [-0.39, 0.29) is 5.88 Å². The summed E-state index contributed by atoms with van der Waals surface area (Å²) in [6.07, 6.45) is 4.05. The van der Waals surface area contributed by atoms with E-state index in [1.807, 2.05) is 6.07 Å². The first-order chi connectivity index (χ1) is 10.1. The number of pyridine rings is 1. The van der Waals surface area contributed by atoms with Crippen molar-refractivity contribution < 1.29 is 9.53 Å². The van der Waals surface area contributed by atoms with Crippen LogP contribution in [0.5, 0.6) is 11.6 Å². The van der Waals surface area contributed by atoms with Crippen molar-refractivity contribution in [3.05, 3.63) is 47.2 Å². The zero-order valence-electron chi connectivity index (χ0n) is 11.6. The van der Waals surface area contributed by atoms with Gasteiger partial charge in [-0.1, -0.05) is 6.07 Å². The van der Waals surface area contributed by atoms with E-state index in [0.29, 0.717) is 17.0 Å². The Morgan fingerprint density at radius 2 is 2.00 bits per heavy atom. The molecule has 0 aliphatic heterocycles. The lowest BCUT2D eigenvalue weighted by atomic mass is 9.95. The second-order valence-corrected chi connectivity index (χ2v) is 5.19. The maximum atomic E-state index is 11.6. The van der Waals surface area contributed by atoms with Crippen molar-refractivity contribution in [3.63, 3.8) is 0 Å². The highest BCUT2D eigenvalue weighted by molar-refractivity contribution is 5.95. The molecule has 21 heavy (non-hydrogen) atoms. The van der Waals surface area contributed by atoms with Gasteiger partial charge in [-0.2, -0.15) is 0 Å². The molecule has 1 amide bonds. The van der Waals surface area contributed by atoms with E-state index in [4.69, 9.17) is 16.2 Å². The molecule has 0 bridgehead atoms. The molecule has 0 unspecified atom stereocenters. The van der Waals surface area contributed by atoms with Crippen LogP contribution in [0, 0.1) is 0 Å². The van der Waals surface area contributed by atoms with Crippen molar-refractivity contribution in [3.8, 4) is 11.6 Å². The SMILES string of the molecule is NC(=O)c1cc2c(nc1Oc1cccc(N)c1)CCCC2. The molecule has 5 nitrogen and oxygen atoms in total. The highest BCUT2D eigenvalue weighted by Gasteiger charge is 2.19. The van der Waals surface area contributed by atoms with Crippen molar-refractivity contribution in [2.45, 2.75) is 25.7 Å². The molecule has 1 aromatic carbocycles. The Morgan fingerprint density at radius 3 is 2.76 bits per heavy atom. The summed E-state index contributed by atoms with van der Waals surface area (Å²) in [5.74, 6) is 0.268. The molecule has 5 heteroatoms. The number of amides is 1. The fourth-order valence-corrected chi connectivity index (χ4v) is 2.56. The van der Waals surface area contributed by atoms with Gasteiger partial charge in [0.05, 0.1) is 0 Å². The molecule has 1 aliphatic rings. The van der Waals surface area contributed by atoms with Crippen molar-refractivity contribution in [2.24, 2.45) is 5.73 Å². The first kappa shape index (κ1) is 13.4. The summed E-state index contributed by atoms with van der Waals surface area (Å²) in [5.41, 5.74) is 14.2. The van der Waals surface area contributed by atoms with E-state index in [0.717, 1.165) is 36.9 Å². The lowest BCUT2D eigenvalue weighted by Gasteiger charge is -2.17. The summed E-state index contributed by atoms with van der Waals surface area (Å²) in [7, 11) is 0. The molecular formula is C16H17N3O2. The number of aryl methyl sites for hydroxylation is 2. The molecule has 1 aliphatic carbocycles. The van der Waals surface area contributed by atoms with Crippen LogP contribution in [0.15, 0.2) is 30.3 Å². The van der Waals surface area contributed by atoms with Crippen LogP contribution >= 0.6 is 0 Å². The van der Waals surface area contributed by atoms with E-state index in [1.165, 1.54) is 0 Å². The van der Waals surface area contributed by atoms with E-state index in [1.54, 1.807) is 24.3 Å². The number of hydrogen-bond donors (Lipinski definition) is 2. The monoisotopic (exact) mass is 283 g/mol. The molecule has 4 N–H and O–H groups in total. The van der Waals surface area contributed by atoms with Gasteiger partial charge in [0.15, 0.2) is 0 Å². The molecule has 1 aromatic heterocycles. The van der Waals surface area contributed by atoms with Crippen molar-refractivity contribution in [1.82, 2.24) is 4.98 Å².